The molecule has 0 unspecified atom stereocenters. The SMILES string of the molecule is C(=C\c1ccccc1)/CN1CC2(CNC2)C1.Cc1cccc(NC(=O)CCCl)c1.Cc1cccc(NC(=O)CCN2CC3(CN(C/C=C/c4ccccc4)C3)C2)c1. The molecule has 9 heteroatoms. The van der Waals surface area contributed by atoms with Gasteiger partial charge in [-0.05, 0) is 60.4 Å². The van der Waals surface area contributed by atoms with Crippen molar-refractivity contribution in [1.29, 1.82) is 0 Å². The summed E-state index contributed by atoms with van der Waals surface area (Å²) in [6.45, 7) is 16.6. The molecule has 4 aromatic carbocycles. The molecule has 8 rings (SSSR count). The van der Waals surface area contributed by atoms with E-state index >= 15 is 0 Å². The van der Waals surface area contributed by atoms with Crippen LogP contribution in [0.1, 0.15) is 35.1 Å². The van der Waals surface area contributed by atoms with Gasteiger partial charge in [-0.25, -0.2) is 0 Å². The first-order chi connectivity index (χ1) is 27.7. The van der Waals surface area contributed by atoms with Gasteiger partial charge < -0.3 is 20.9 Å². The zero-order chi connectivity index (χ0) is 39.9. The fourth-order valence-corrected chi connectivity index (χ4v) is 8.24. The largest absolute Gasteiger partial charge is 0.326 e. The van der Waals surface area contributed by atoms with Crippen molar-refractivity contribution >= 4 is 46.9 Å². The summed E-state index contributed by atoms with van der Waals surface area (Å²) in [4.78, 5) is 30.7. The number of nitrogens with one attached hydrogen (secondary N) is 3. The lowest BCUT2D eigenvalue weighted by Crippen LogP contribution is -2.71. The summed E-state index contributed by atoms with van der Waals surface area (Å²) < 4.78 is 0. The lowest BCUT2D eigenvalue weighted by Gasteiger charge is -2.60. The second kappa shape index (κ2) is 20.7. The van der Waals surface area contributed by atoms with Gasteiger partial charge in [0.2, 0.25) is 11.8 Å². The molecule has 0 atom stereocenters. The van der Waals surface area contributed by atoms with E-state index in [1.54, 1.807) is 0 Å². The number of likely N-dealkylation sites (tertiary alicyclic amines) is 3. The molecular weight excluding hydrogens is 728 g/mol. The van der Waals surface area contributed by atoms with Crippen LogP contribution >= 0.6 is 11.6 Å². The Morgan fingerprint density at radius 2 is 1.07 bits per heavy atom. The van der Waals surface area contributed by atoms with Crippen molar-refractivity contribution in [2.24, 2.45) is 10.8 Å². The van der Waals surface area contributed by atoms with E-state index in [-0.39, 0.29) is 11.8 Å². The number of anilines is 2. The molecule has 2 amide bonds. The van der Waals surface area contributed by atoms with Crippen LogP contribution in [0.5, 0.6) is 0 Å². The number of hydrogen-bond acceptors (Lipinski definition) is 6. The highest BCUT2D eigenvalue weighted by atomic mass is 35.5. The standard InChI is InChI=1S/C24H29N3O.C14H18N2.C10H12ClNO/c1-20-7-5-11-22(15-20)25-23(28)12-14-27-18-24(19-27)16-26(17-24)13-6-10-21-8-3-2-4-9-21;1-2-5-13(6-3-1)7-4-8-16-11-14(12-16)9-15-10-14;1-8-3-2-4-9(7-8)12-10(13)5-6-11/h2-11,15H,12-14,16-19H2,1H3,(H,25,28);1-7,15H,8-12H2;2-4,7H,5-6H2,1H3,(H,12,13)/b10-6+;7-4+;. The first kappa shape index (κ1) is 42.0. The third kappa shape index (κ3) is 13.2. The van der Waals surface area contributed by atoms with Crippen LogP contribution in [0, 0.1) is 24.7 Å². The van der Waals surface area contributed by atoms with Gasteiger partial charge in [-0.3, -0.25) is 19.4 Å². The zero-order valence-corrected chi connectivity index (χ0v) is 34.4. The van der Waals surface area contributed by atoms with Gasteiger partial charge in [0, 0.05) is 113 Å². The number of carbonyl (C=O) groups is 2. The Balaban J connectivity index is 0.000000160. The minimum absolute atomic E-state index is 0.0411. The van der Waals surface area contributed by atoms with Gasteiger partial charge in [-0.1, -0.05) is 109 Å². The number of carbonyl (C=O) groups excluding carboxylic acids is 2. The van der Waals surface area contributed by atoms with E-state index in [0.717, 1.165) is 55.2 Å². The predicted molar refractivity (Wildman–Crippen MR) is 238 cm³/mol. The van der Waals surface area contributed by atoms with Gasteiger partial charge in [0.1, 0.15) is 0 Å². The normalized spacial score (nSPS) is 17.9. The molecule has 8 nitrogen and oxygen atoms in total. The molecule has 4 aromatic rings. The number of aryl methyl sites for hydroxylation is 2. The van der Waals surface area contributed by atoms with Crippen molar-refractivity contribution in [2.45, 2.75) is 26.7 Å². The number of hydrogen-bond donors (Lipinski definition) is 3. The molecule has 0 saturated carbocycles. The molecule has 57 heavy (non-hydrogen) atoms. The highest BCUT2D eigenvalue weighted by molar-refractivity contribution is 6.19. The molecule has 0 aromatic heterocycles. The molecule has 4 heterocycles. The Morgan fingerprint density at radius 3 is 1.51 bits per heavy atom. The van der Waals surface area contributed by atoms with Crippen LogP contribution in [0.25, 0.3) is 12.2 Å². The summed E-state index contributed by atoms with van der Waals surface area (Å²) in [7, 11) is 0. The van der Waals surface area contributed by atoms with E-state index < -0.39 is 0 Å². The highest BCUT2D eigenvalue weighted by Crippen LogP contribution is 2.39. The number of amides is 2. The monoisotopic (exact) mass is 786 g/mol. The first-order valence-electron chi connectivity index (χ1n) is 20.3. The van der Waals surface area contributed by atoms with Gasteiger partial charge in [-0.2, -0.15) is 0 Å². The maximum absolute atomic E-state index is 12.1. The van der Waals surface area contributed by atoms with Crippen molar-refractivity contribution in [2.75, 3.05) is 88.5 Å². The average Bonchev–Trinajstić information content (AvgIpc) is 3.13. The molecule has 0 aliphatic carbocycles. The average molecular weight is 787 g/mol. The van der Waals surface area contributed by atoms with E-state index in [0.29, 0.717) is 29.6 Å². The lowest BCUT2D eigenvalue weighted by molar-refractivity contribution is -0.123. The topological polar surface area (TPSA) is 79.9 Å². The van der Waals surface area contributed by atoms with Gasteiger partial charge in [-0.15, -0.1) is 11.6 Å². The first-order valence-corrected chi connectivity index (χ1v) is 20.8. The Morgan fingerprint density at radius 1 is 0.614 bits per heavy atom. The van der Waals surface area contributed by atoms with Crippen molar-refractivity contribution in [1.82, 2.24) is 20.0 Å². The number of rotatable bonds is 13. The maximum Gasteiger partial charge on any atom is 0.225 e. The summed E-state index contributed by atoms with van der Waals surface area (Å²) in [5, 5.41) is 9.12. The van der Waals surface area contributed by atoms with E-state index in [9.17, 15) is 9.59 Å². The quantitative estimate of drug-likeness (QED) is 0.120. The second-order valence-corrected chi connectivity index (χ2v) is 16.7. The van der Waals surface area contributed by atoms with Gasteiger partial charge >= 0.3 is 0 Å². The Bertz CT molecular complexity index is 1920. The zero-order valence-electron chi connectivity index (χ0n) is 33.6. The molecule has 2 spiro atoms. The van der Waals surface area contributed by atoms with E-state index in [1.807, 2.05) is 68.4 Å². The van der Waals surface area contributed by atoms with Gasteiger partial charge in [0.05, 0.1) is 0 Å². The third-order valence-corrected chi connectivity index (χ3v) is 11.1. The van der Waals surface area contributed by atoms with E-state index in [2.05, 4.69) is 110 Å². The fourth-order valence-electron chi connectivity index (χ4n) is 8.07. The van der Waals surface area contributed by atoms with Crippen molar-refractivity contribution in [3.8, 4) is 0 Å². The highest BCUT2D eigenvalue weighted by Gasteiger charge is 2.50. The van der Waals surface area contributed by atoms with Crippen LogP contribution in [-0.2, 0) is 9.59 Å². The summed E-state index contributed by atoms with van der Waals surface area (Å²) >= 11 is 5.43. The van der Waals surface area contributed by atoms with Gasteiger partial charge in [0.25, 0.3) is 0 Å². The van der Waals surface area contributed by atoms with Crippen LogP contribution < -0.4 is 16.0 Å². The molecule has 4 fully saturated rings. The van der Waals surface area contributed by atoms with Crippen molar-refractivity contribution in [3.63, 3.8) is 0 Å². The Labute approximate surface area is 345 Å². The minimum atomic E-state index is -0.0411. The third-order valence-electron chi connectivity index (χ3n) is 10.9. The molecule has 4 aliphatic heterocycles. The molecule has 4 aliphatic rings. The van der Waals surface area contributed by atoms with Gasteiger partial charge in [0.15, 0.2) is 0 Å². The summed E-state index contributed by atoms with van der Waals surface area (Å²) in [5.41, 5.74) is 7.70. The molecule has 300 valence electrons. The van der Waals surface area contributed by atoms with Crippen molar-refractivity contribution in [3.05, 3.63) is 144 Å². The molecule has 0 bridgehead atoms. The summed E-state index contributed by atoms with van der Waals surface area (Å²) in [5.74, 6) is 0.422. The van der Waals surface area contributed by atoms with Crippen LogP contribution in [-0.4, -0.2) is 104 Å². The maximum atomic E-state index is 12.1. The fraction of sp³-hybridized carbons (Fsp3) is 0.375. The van der Waals surface area contributed by atoms with Crippen LogP contribution in [0.3, 0.4) is 0 Å². The van der Waals surface area contributed by atoms with E-state index in [1.165, 1.54) is 50.4 Å². The molecule has 0 radical (unpaired) electrons. The molecule has 4 saturated heterocycles. The lowest BCUT2D eigenvalue weighted by atomic mass is 9.73. The second-order valence-electron chi connectivity index (χ2n) is 16.3. The summed E-state index contributed by atoms with van der Waals surface area (Å²) in [6, 6.07) is 36.6. The van der Waals surface area contributed by atoms with Crippen LogP contribution in [0.2, 0.25) is 0 Å². The molecule has 3 N–H and O–H groups in total. The smallest absolute Gasteiger partial charge is 0.225 e. The number of nitrogens with zero attached hydrogens (tertiary/aromatic N) is 3. The molecular formula is C48H59ClN6O2. The number of benzene rings is 4. The van der Waals surface area contributed by atoms with Crippen LogP contribution in [0.15, 0.2) is 121 Å². The predicted octanol–water partition coefficient (Wildman–Crippen LogP) is 7.82. The number of alkyl halides is 1. The number of halogens is 1. The minimum Gasteiger partial charge on any atom is -0.326 e. The van der Waals surface area contributed by atoms with Crippen LogP contribution in [0.4, 0.5) is 11.4 Å². The Hall–Kier alpha value is -4.57. The Kier molecular flexibility index (Phi) is 15.3. The summed E-state index contributed by atoms with van der Waals surface area (Å²) in [6.07, 6.45) is 9.86. The van der Waals surface area contributed by atoms with E-state index in [4.69, 9.17) is 11.6 Å². The van der Waals surface area contributed by atoms with Crippen molar-refractivity contribution < 1.29 is 9.59 Å².